The van der Waals surface area contributed by atoms with Crippen LogP contribution >= 0.6 is 0 Å². The number of aromatic nitrogens is 2. The van der Waals surface area contributed by atoms with Gasteiger partial charge in [0.05, 0.1) is 18.6 Å². The molecular weight excluding hydrogens is 412 g/mol. The first kappa shape index (κ1) is 21.0. The van der Waals surface area contributed by atoms with Gasteiger partial charge in [0.1, 0.15) is 5.52 Å². The monoisotopic (exact) mass is 438 g/mol. The molecule has 0 bridgehead atoms. The van der Waals surface area contributed by atoms with Crippen LogP contribution in [0.25, 0.3) is 22.0 Å². The molecule has 0 radical (unpaired) electrons. The Morgan fingerprint density at radius 1 is 1.00 bits per heavy atom. The Morgan fingerprint density at radius 3 is 2.61 bits per heavy atom. The van der Waals surface area contributed by atoms with Crippen LogP contribution in [-0.4, -0.2) is 21.9 Å². The number of oxazole rings is 1. The minimum Gasteiger partial charge on any atom is -0.439 e. The lowest BCUT2D eigenvalue weighted by Gasteiger charge is -2.21. The minimum absolute atomic E-state index is 0.0623. The molecule has 6 nitrogen and oxygen atoms in total. The summed E-state index contributed by atoms with van der Waals surface area (Å²) in [6, 6.07) is 25.2. The van der Waals surface area contributed by atoms with E-state index in [1.54, 1.807) is 0 Å². The van der Waals surface area contributed by atoms with Crippen molar-refractivity contribution in [1.82, 2.24) is 20.6 Å². The van der Waals surface area contributed by atoms with Crippen molar-refractivity contribution in [3.8, 4) is 0 Å². The zero-order chi connectivity index (χ0) is 22.6. The molecule has 0 aliphatic carbocycles. The molecule has 2 aromatic heterocycles. The standard InChI is InChI=1S/C27H26N4O2/c1-18(19-9-3-2-4-10-19)30-27(32)24(15-20-16-28-22-12-6-5-11-21(20)22)29-17-26-31-23-13-7-8-14-25(23)33-26/h2-14,16,18,24,28-29H,15,17H2,1H3,(H,30,32)/t18-,24+/m1/s1. The van der Waals surface area contributed by atoms with Crippen LogP contribution < -0.4 is 10.6 Å². The van der Waals surface area contributed by atoms with Crippen LogP contribution in [-0.2, 0) is 17.8 Å². The normalized spacial score (nSPS) is 13.2. The third-order valence-corrected chi connectivity index (χ3v) is 5.91. The van der Waals surface area contributed by atoms with Gasteiger partial charge in [-0.05, 0) is 42.7 Å². The predicted octanol–water partition coefficient (Wildman–Crippen LogP) is 4.89. The van der Waals surface area contributed by atoms with E-state index in [-0.39, 0.29) is 11.9 Å². The number of hydrogen-bond donors (Lipinski definition) is 3. The van der Waals surface area contributed by atoms with Gasteiger partial charge in [0.25, 0.3) is 0 Å². The molecule has 2 atom stereocenters. The maximum absolute atomic E-state index is 13.3. The van der Waals surface area contributed by atoms with Crippen LogP contribution in [0.5, 0.6) is 0 Å². The number of hydrogen-bond acceptors (Lipinski definition) is 4. The first-order chi connectivity index (χ1) is 16.2. The number of carbonyl (C=O) groups is 1. The summed E-state index contributed by atoms with van der Waals surface area (Å²) in [6.07, 6.45) is 2.52. The fourth-order valence-corrected chi connectivity index (χ4v) is 4.12. The fourth-order valence-electron chi connectivity index (χ4n) is 4.12. The maximum Gasteiger partial charge on any atom is 0.237 e. The molecule has 0 fully saturated rings. The molecule has 5 aromatic rings. The zero-order valence-corrected chi connectivity index (χ0v) is 18.4. The minimum atomic E-state index is -0.453. The van der Waals surface area contributed by atoms with Crippen molar-refractivity contribution in [3.05, 3.63) is 102 Å². The van der Waals surface area contributed by atoms with E-state index in [2.05, 4.69) is 26.7 Å². The van der Waals surface area contributed by atoms with E-state index in [0.717, 1.165) is 33.1 Å². The van der Waals surface area contributed by atoms with E-state index in [1.165, 1.54) is 0 Å². The highest BCUT2D eigenvalue weighted by atomic mass is 16.3. The first-order valence-electron chi connectivity index (χ1n) is 11.2. The van der Waals surface area contributed by atoms with Gasteiger partial charge >= 0.3 is 0 Å². The van der Waals surface area contributed by atoms with Crippen LogP contribution in [0.2, 0.25) is 0 Å². The second-order valence-corrected chi connectivity index (χ2v) is 8.21. The second kappa shape index (κ2) is 9.30. The number of carbonyl (C=O) groups excluding carboxylic acids is 1. The lowest BCUT2D eigenvalue weighted by atomic mass is 10.0. The Balaban J connectivity index is 1.36. The molecule has 166 valence electrons. The number of nitrogens with zero attached hydrogens (tertiary/aromatic N) is 1. The molecule has 1 amide bonds. The SMILES string of the molecule is C[C@@H](NC(=O)[C@H](Cc1c[nH]c2ccccc12)NCc1nc2ccccc2o1)c1ccccc1. The molecule has 0 saturated heterocycles. The topological polar surface area (TPSA) is 83.0 Å². The second-order valence-electron chi connectivity index (χ2n) is 8.21. The summed E-state index contributed by atoms with van der Waals surface area (Å²) in [5.74, 6) is 0.497. The average molecular weight is 439 g/mol. The molecule has 6 heteroatoms. The Hall–Kier alpha value is -3.90. The summed E-state index contributed by atoms with van der Waals surface area (Å²) >= 11 is 0. The lowest BCUT2D eigenvalue weighted by molar-refractivity contribution is -0.123. The number of benzene rings is 3. The zero-order valence-electron chi connectivity index (χ0n) is 18.4. The van der Waals surface area contributed by atoms with Gasteiger partial charge in [-0.15, -0.1) is 0 Å². The predicted molar refractivity (Wildman–Crippen MR) is 130 cm³/mol. The molecule has 3 N–H and O–H groups in total. The molecule has 3 aromatic carbocycles. The van der Waals surface area contributed by atoms with Crippen molar-refractivity contribution in [2.24, 2.45) is 0 Å². The van der Waals surface area contributed by atoms with Crippen molar-refractivity contribution in [2.45, 2.75) is 32.0 Å². The van der Waals surface area contributed by atoms with Gasteiger partial charge in [-0.25, -0.2) is 4.98 Å². The quantitative estimate of drug-likeness (QED) is 0.322. The summed E-state index contributed by atoms with van der Waals surface area (Å²) in [7, 11) is 0. The molecule has 0 aliphatic rings. The maximum atomic E-state index is 13.3. The number of nitrogens with one attached hydrogen (secondary N) is 3. The van der Waals surface area contributed by atoms with Gasteiger partial charge in [0.15, 0.2) is 5.58 Å². The van der Waals surface area contributed by atoms with Gasteiger partial charge in [-0.3, -0.25) is 10.1 Å². The first-order valence-corrected chi connectivity index (χ1v) is 11.2. The van der Waals surface area contributed by atoms with Crippen molar-refractivity contribution in [2.75, 3.05) is 0 Å². The number of fused-ring (bicyclic) bond motifs is 2. The van der Waals surface area contributed by atoms with Crippen molar-refractivity contribution in [3.63, 3.8) is 0 Å². The molecule has 5 rings (SSSR count). The van der Waals surface area contributed by atoms with E-state index in [0.29, 0.717) is 18.9 Å². The molecule has 2 heterocycles. The Kier molecular flexibility index (Phi) is 5.91. The van der Waals surface area contributed by atoms with E-state index in [1.807, 2.05) is 85.9 Å². The smallest absolute Gasteiger partial charge is 0.237 e. The van der Waals surface area contributed by atoms with Gasteiger partial charge in [-0.1, -0.05) is 60.7 Å². The van der Waals surface area contributed by atoms with Crippen LogP contribution in [0.1, 0.15) is 30.0 Å². The number of para-hydroxylation sites is 3. The molecule has 0 unspecified atom stereocenters. The Labute approximate surface area is 192 Å². The van der Waals surface area contributed by atoms with Crippen LogP contribution in [0.3, 0.4) is 0 Å². The molecule has 0 saturated carbocycles. The van der Waals surface area contributed by atoms with Gasteiger partial charge in [-0.2, -0.15) is 0 Å². The van der Waals surface area contributed by atoms with Crippen LogP contribution in [0, 0.1) is 0 Å². The highest BCUT2D eigenvalue weighted by Crippen LogP contribution is 2.20. The van der Waals surface area contributed by atoms with Crippen molar-refractivity contribution >= 4 is 27.9 Å². The molecular formula is C27H26N4O2. The van der Waals surface area contributed by atoms with Crippen molar-refractivity contribution in [1.29, 1.82) is 0 Å². The largest absolute Gasteiger partial charge is 0.439 e. The summed E-state index contributed by atoms with van der Waals surface area (Å²) in [5, 5.41) is 7.65. The van der Waals surface area contributed by atoms with E-state index < -0.39 is 6.04 Å². The highest BCUT2D eigenvalue weighted by molar-refractivity contribution is 5.86. The molecule has 0 aliphatic heterocycles. The Morgan fingerprint density at radius 2 is 1.76 bits per heavy atom. The highest BCUT2D eigenvalue weighted by Gasteiger charge is 2.23. The summed E-state index contributed by atoms with van der Waals surface area (Å²) in [5.41, 5.74) is 4.76. The molecule has 0 spiro atoms. The van der Waals surface area contributed by atoms with Crippen LogP contribution in [0.15, 0.2) is 89.5 Å². The van der Waals surface area contributed by atoms with Gasteiger partial charge in [0, 0.05) is 17.1 Å². The summed E-state index contributed by atoms with van der Waals surface area (Å²) in [4.78, 5) is 21.2. The number of rotatable bonds is 8. The summed E-state index contributed by atoms with van der Waals surface area (Å²) in [6.45, 7) is 2.35. The fraction of sp³-hybridized carbons (Fsp3) is 0.185. The summed E-state index contributed by atoms with van der Waals surface area (Å²) < 4.78 is 5.84. The van der Waals surface area contributed by atoms with Crippen LogP contribution in [0.4, 0.5) is 0 Å². The van der Waals surface area contributed by atoms with Gasteiger partial charge < -0.3 is 14.7 Å². The number of H-pyrrole nitrogens is 1. The van der Waals surface area contributed by atoms with Gasteiger partial charge in [0.2, 0.25) is 11.8 Å². The van der Waals surface area contributed by atoms with E-state index >= 15 is 0 Å². The lowest BCUT2D eigenvalue weighted by Crippen LogP contribution is -2.46. The third-order valence-electron chi connectivity index (χ3n) is 5.91. The van der Waals surface area contributed by atoms with E-state index in [9.17, 15) is 4.79 Å². The Bertz CT molecular complexity index is 1340. The van der Waals surface area contributed by atoms with E-state index in [4.69, 9.17) is 4.42 Å². The average Bonchev–Trinajstić information content (AvgIpc) is 3.46. The number of aromatic amines is 1. The third kappa shape index (κ3) is 4.66. The molecule has 33 heavy (non-hydrogen) atoms. The number of amides is 1. The van der Waals surface area contributed by atoms with Crippen molar-refractivity contribution < 1.29 is 9.21 Å².